The molecule has 2 aromatic carbocycles. The molecule has 0 radical (unpaired) electrons. The van der Waals surface area contributed by atoms with Crippen LogP contribution in [0.3, 0.4) is 0 Å². The zero-order valence-corrected chi connectivity index (χ0v) is 17.0. The van der Waals surface area contributed by atoms with Crippen molar-refractivity contribution < 1.29 is 9.47 Å². The van der Waals surface area contributed by atoms with Gasteiger partial charge in [-0.1, -0.05) is 36.5 Å². The molecule has 0 fully saturated rings. The number of aromatic nitrogens is 2. The fourth-order valence-corrected chi connectivity index (χ4v) is 4.03. The molecular weight excluding hydrogens is 372 g/mol. The lowest BCUT2D eigenvalue weighted by molar-refractivity contribution is 0.203. The van der Waals surface area contributed by atoms with Gasteiger partial charge in [-0.05, 0) is 56.2 Å². The van der Waals surface area contributed by atoms with Crippen LogP contribution in [0.2, 0.25) is 0 Å². The van der Waals surface area contributed by atoms with E-state index in [9.17, 15) is 4.79 Å². The van der Waals surface area contributed by atoms with Crippen LogP contribution in [0.1, 0.15) is 32.8 Å². The lowest BCUT2D eigenvalue weighted by Gasteiger charge is -2.16. The second-order valence-electron chi connectivity index (χ2n) is 6.61. The summed E-state index contributed by atoms with van der Waals surface area (Å²) in [7, 11) is 0. The van der Waals surface area contributed by atoms with E-state index < -0.39 is 0 Å². The Hall–Kier alpha value is -2.86. The van der Waals surface area contributed by atoms with E-state index in [1.165, 1.54) is 11.3 Å². The van der Waals surface area contributed by atoms with E-state index in [1.54, 1.807) is 4.40 Å². The summed E-state index contributed by atoms with van der Waals surface area (Å²) in [6.45, 7) is 6.61. The molecule has 4 aromatic rings. The van der Waals surface area contributed by atoms with Gasteiger partial charge in [0.1, 0.15) is 0 Å². The van der Waals surface area contributed by atoms with Gasteiger partial charge in [-0.2, -0.15) is 0 Å². The first kappa shape index (κ1) is 18.5. The lowest BCUT2D eigenvalue weighted by atomic mass is 10.2. The van der Waals surface area contributed by atoms with E-state index in [2.05, 4.69) is 11.9 Å². The first-order valence-corrected chi connectivity index (χ1v) is 10.3. The van der Waals surface area contributed by atoms with Crippen molar-refractivity contribution in [2.75, 3.05) is 6.61 Å². The topological polar surface area (TPSA) is 52.8 Å². The minimum atomic E-state index is -0.0495. The van der Waals surface area contributed by atoms with E-state index in [1.807, 2.05) is 62.4 Å². The molecule has 144 valence electrons. The van der Waals surface area contributed by atoms with Crippen LogP contribution in [0, 0.1) is 0 Å². The number of imidazole rings is 1. The number of thiazole rings is 1. The monoisotopic (exact) mass is 394 g/mol. The van der Waals surface area contributed by atoms with E-state index in [0.29, 0.717) is 21.8 Å². The lowest BCUT2D eigenvalue weighted by Crippen LogP contribution is -2.22. The van der Waals surface area contributed by atoms with Crippen molar-refractivity contribution in [1.29, 1.82) is 0 Å². The summed E-state index contributed by atoms with van der Waals surface area (Å²) in [5, 5.41) is 0. The fraction of sp³-hybridized carbons (Fsp3) is 0.273. The fourth-order valence-electron chi connectivity index (χ4n) is 3.04. The second kappa shape index (κ2) is 7.64. The number of hydrogen-bond acceptors (Lipinski definition) is 5. The molecule has 0 aliphatic rings. The predicted octanol–water partition coefficient (Wildman–Crippen LogP) is 4.03. The molecule has 6 heteroatoms. The minimum Gasteiger partial charge on any atom is -0.490 e. The molecule has 5 nitrogen and oxygen atoms in total. The summed E-state index contributed by atoms with van der Waals surface area (Å²) in [5.74, 6) is 1.42. The van der Waals surface area contributed by atoms with Crippen LogP contribution in [0.4, 0.5) is 0 Å². The molecule has 28 heavy (non-hydrogen) atoms. The van der Waals surface area contributed by atoms with E-state index in [4.69, 9.17) is 9.47 Å². The molecular formula is C22H22N2O3S. The third-order valence-corrected chi connectivity index (χ3v) is 5.58. The van der Waals surface area contributed by atoms with Gasteiger partial charge in [0.2, 0.25) is 0 Å². The molecule has 0 amide bonds. The summed E-state index contributed by atoms with van der Waals surface area (Å²) in [4.78, 5) is 18.2. The highest BCUT2D eigenvalue weighted by Crippen LogP contribution is 2.30. The largest absolute Gasteiger partial charge is 0.490 e. The normalized spacial score (nSPS) is 13.3. The number of rotatable bonds is 6. The zero-order chi connectivity index (χ0) is 19.7. The molecule has 0 saturated carbocycles. The maximum atomic E-state index is 12.9. The number of benzene rings is 2. The number of ether oxygens (including phenoxy) is 2. The number of nitrogens with zero attached hydrogens (tertiary/aromatic N) is 2. The third-order valence-electron chi connectivity index (χ3n) is 4.61. The predicted molar refractivity (Wildman–Crippen MR) is 114 cm³/mol. The van der Waals surface area contributed by atoms with Crippen molar-refractivity contribution >= 4 is 33.4 Å². The summed E-state index contributed by atoms with van der Waals surface area (Å²) < 4.78 is 14.0. The Morgan fingerprint density at radius 2 is 2.00 bits per heavy atom. The van der Waals surface area contributed by atoms with Crippen molar-refractivity contribution in [3.63, 3.8) is 0 Å². The standard InChI is InChI=1S/C22H22N2O3S/c1-4-14(3)27-18-11-10-15(12-19(18)26-5-2)13-20-21(25)24-17-9-7-6-8-16(17)23-22(24)28-20/h6-14H,4-5H2,1-3H3/b20-13-. The molecule has 2 heterocycles. The van der Waals surface area contributed by atoms with Gasteiger partial charge in [-0.15, -0.1) is 0 Å². The van der Waals surface area contributed by atoms with Crippen LogP contribution < -0.4 is 19.6 Å². The summed E-state index contributed by atoms with van der Waals surface area (Å²) in [5.41, 5.74) is 2.52. The van der Waals surface area contributed by atoms with Gasteiger partial charge in [0.15, 0.2) is 16.5 Å². The molecule has 0 N–H and O–H groups in total. The molecule has 0 aliphatic heterocycles. The summed E-state index contributed by atoms with van der Waals surface area (Å²) >= 11 is 1.39. The van der Waals surface area contributed by atoms with Crippen molar-refractivity contribution in [3.05, 3.63) is 62.9 Å². The van der Waals surface area contributed by atoms with Crippen molar-refractivity contribution in [2.24, 2.45) is 0 Å². The molecule has 0 aliphatic carbocycles. The Balaban J connectivity index is 1.79. The maximum absolute atomic E-state index is 12.9. The molecule has 0 bridgehead atoms. The van der Waals surface area contributed by atoms with Crippen molar-refractivity contribution in [2.45, 2.75) is 33.3 Å². The molecule has 0 spiro atoms. The van der Waals surface area contributed by atoms with Crippen molar-refractivity contribution in [3.8, 4) is 11.5 Å². The van der Waals surface area contributed by atoms with Crippen molar-refractivity contribution in [1.82, 2.24) is 9.38 Å². The first-order valence-electron chi connectivity index (χ1n) is 9.46. The maximum Gasteiger partial charge on any atom is 0.274 e. The van der Waals surface area contributed by atoms with Crippen LogP contribution in [0.5, 0.6) is 11.5 Å². The number of para-hydroxylation sites is 2. The van der Waals surface area contributed by atoms with E-state index >= 15 is 0 Å². The average molecular weight is 394 g/mol. The second-order valence-corrected chi connectivity index (χ2v) is 7.62. The Morgan fingerprint density at radius 1 is 1.18 bits per heavy atom. The van der Waals surface area contributed by atoms with Crippen LogP contribution in [-0.2, 0) is 0 Å². The molecule has 1 atom stereocenters. The number of fused-ring (bicyclic) bond motifs is 3. The highest BCUT2D eigenvalue weighted by atomic mass is 32.1. The van der Waals surface area contributed by atoms with Gasteiger partial charge < -0.3 is 9.47 Å². The Bertz CT molecular complexity index is 1240. The Morgan fingerprint density at radius 3 is 2.79 bits per heavy atom. The van der Waals surface area contributed by atoms with E-state index in [0.717, 1.165) is 28.8 Å². The van der Waals surface area contributed by atoms with E-state index in [-0.39, 0.29) is 11.7 Å². The average Bonchev–Trinajstić information content (AvgIpc) is 3.20. The Kier molecular flexibility index (Phi) is 5.05. The van der Waals surface area contributed by atoms with Gasteiger partial charge in [-0.25, -0.2) is 9.38 Å². The van der Waals surface area contributed by atoms with Crippen LogP contribution in [0.25, 0.3) is 22.1 Å². The van der Waals surface area contributed by atoms with Gasteiger partial charge in [0.25, 0.3) is 5.56 Å². The molecule has 2 aromatic heterocycles. The summed E-state index contributed by atoms with van der Waals surface area (Å²) in [6, 6.07) is 13.4. The molecule has 1 unspecified atom stereocenters. The number of hydrogen-bond donors (Lipinski definition) is 0. The molecule has 4 rings (SSSR count). The summed E-state index contributed by atoms with van der Waals surface area (Å²) in [6.07, 6.45) is 2.91. The van der Waals surface area contributed by atoms with Gasteiger partial charge in [-0.3, -0.25) is 4.79 Å². The van der Waals surface area contributed by atoms with Gasteiger partial charge in [0, 0.05) is 0 Å². The highest BCUT2D eigenvalue weighted by Gasteiger charge is 2.12. The third kappa shape index (κ3) is 3.36. The van der Waals surface area contributed by atoms with Gasteiger partial charge in [0.05, 0.1) is 28.3 Å². The molecule has 0 saturated heterocycles. The quantitative estimate of drug-likeness (QED) is 0.495. The first-order chi connectivity index (χ1) is 13.6. The Labute approximate surface area is 166 Å². The smallest absolute Gasteiger partial charge is 0.274 e. The van der Waals surface area contributed by atoms with Crippen LogP contribution >= 0.6 is 11.3 Å². The zero-order valence-electron chi connectivity index (χ0n) is 16.1. The van der Waals surface area contributed by atoms with Gasteiger partial charge >= 0.3 is 0 Å². The highest BCUT2D eigenvalue weighted by molar-refractivity contribution is 7.15. The SMILES string of the molecule is CCOc1cc(/C=c2\sc3nc4ccccc4n3c2=O)ccc1OC(C)CC. The minimum absolute atomic E-state index is 0.0495. The van der Waals surface area contributed by atoms with Crippen LogP contribution in [0.15, 0.2) is 47.3 Å². The van der Waals surface area contributed by atoms with Crippen LogP contribution in [-0.4, -0.2) is 22.1 Å².